The Morgan fingerprint density at radius 2 is 1.74 bits per heavy atom. The SMILES string of the molecule is Cc1cc(F)c(-c2cccn(C)c2=O)cc1NC(=O)C1=CN(C)C(=O)NC1c1ccc(F)cc1. The monoisotopic (exact) mass is 464 g/mol. The Kier molecular flexibility index (Phi) is 6.02. The number of aromatic nitrogens is 1. The molecule has 0 aliphatic carbocycles. The van der Waals surface area contributed by atoms with Crippen molar-refractivity contribution in [1.29, 1.82) is 0 Å². The zero-order valence-electron chi connectivity index (χ0n) is 18.7. The number of halogens is 2. The first kappa shape index (κ1) is 22.9. The lowest BCUT2D eigenvalue weighted by molar-refractivity contribution is -0.113. The van der Waals surface area contributed by atoms with Crippen molar-refractivity contribution in [3.8, 4) is 11.1 Å². The minimum atomic E-state index is -0.814. The van der Waals surface area contributed by atoms with E-state index >= 15 is 0 Å². The van der Waals surface area contributed by atoms with Gasteiger partial charge in [0.05, 0.1) is 17.2 Å². The van der Waals surface area contributed by atoms with E-state index in [-0.39, 0.29) is 22.3 Å². The number of carbonyl (C=O) groups is 2. The fraction of sp³-hybridized carbons (Fsp3) is 0.160. The van der Waals surface area contributed by atoms with Gasteiger partial charge in [-0.25, -0.2) is 13.6 Å². The van der Waals surface area contributed by atoms with E-state index in [4.69, 9.17) is 0 Å². The highest BCUT2D eigenvalue weighted by Gasteiger charge is 2.31. The molecule has 0 spiro atoms. The van der Waals surface area contributed by atoms with Gasteiger partial charge in [0.2, 0.25) is 0 Å². The van der Waals surface area contributed by atoms with Crippen LogP contribution in [-0.4, -0.2) is 28.5 Å². The number of rotatable bonds is 4. The number of benzene rings is 2. The molecule has 1 aliphatic rings. The number of hydrogen-bond donors (Lipinski definition) is 2. The zero-order chi connectivity index (χ0) is 24.6. The maximum absolute atomic E-state index is 14.8. The van der Waals surface area contributed by atoms with Crippen molar-refractivity contribution in [3.05, 3.63) is 99.6 Å². The first-order valence-corrected chi connectivity index (χ1v) is 10.4. The lowest BCUT2D eigenvalue weighted by atomic mass is 9.96. The Hall–Kier alpha value is -4.27. The number of anilines is 1. The summed E-state index contributed by atoms with van der Waals surface area (Å²) in [4.78, 5) is 39.2. The third kappa shape index (κ3) is 4.32. The molecule has 2 heterocycles. The van der Waals surface area contributed by atoms with Gasteiger partial charge in [0, 0.05) is 37.7 Å². The maximum atomic E-state index is 14.8. The van der Waals surface area contributed by atoms with Gasteiger partial charge in [0.25, 0.3) is 11.5 Å². The van der Waals surface area contributed by atoms with Gasteiger partial charge in [-0.2, -0.15) is 0 Å². The Bertz CT molecular complexity index is 1380. The highest BCUT2D eigenvalue weighted by atomic mass is 19.1. The van der Waals surface area contributed by atoms with E-state index in [1.807, 2.05) is 0 Å². The van der Waals surface area contributed by atoms with E-state index in [0.29, 0.717) is 16.8 Å². The van der Waals surface area contributed by atoms with E-state index in [9.17, 15) is 23.2 Å². The molecule has 1 atom stereocenters. The average Bonchev–Trinajstić information content (AvgIpc) is 2.80. The lowest BCUT2D eigenvalue weighted by Crippen LogP contribution is -2.44. The molecule has 0 saturated carbocycles. The third-order valence-corrected chi connectivity index (χ3v) is 5.67. The number of urea groups is 1. The van der Waals surface area contributed by atoms with Gasteiger partial charge < -0.3 is 20.1 Å². The number of amides is 3. The summed E-state index contributed by atoms with van der Waals surface area (Å²) in [5.74, 6) is -1.57. The standard InChI is InChI=1S/C25H22F2N4O3/c1-14-11-20(27)18(17-5-4-10-30(2)24(17)33)12-21(14)28-23(32)19-13-31(3)25(34)29-22(19)15-6-8-16(26)9-7-15/h4-13,22H,1-3H3,(H,28,32)(H,29,34). The summed E-state index contributed by atoms with van der Waals surface area (Å²) in [7, 11) is 3.06. The highest BCUT2D eigenvalue weighted by Crippen LogP contribution is 2.30. The van der Waals surface area contributed by atoms with Crippen LogP contribution in [0.5, 0.6) is 0 Å². The zero-order valence-corrected chi connectivity index (χ0v) is 18.7. The number of hydrogen-bond acceptors (Lipinski definition) is 3. The van der Waals surface area contributed by atoms with Crippen molar-refractivity contribution in [1.82, 2.24) is 14.8 Å². The molecule has 1 unspecified atom stereocenters. The van der Waals surface area contributed by atoms with Gasteiger partial charge >= 0.3 is 6.03 Å². The first-order chi connectivity index (χ1) is 16.2. The molecule has 3 aromatic rings. The van der Waals surface area contributed by atoms with Crippen LogP contribution >= 0.6 is 0 Å². The molecule has 0 bridgehead atoms. The van der Waals surface area contributed by atoms with E-state index in [2.05, 4.69) is 10.6 Å². The van der Waals surface area contributed by atoms with E-state index < -0.39 is 29.6 Å². The fourth-order valence-electron chi connectivity index (χ4n) is 3.76. The van der Waals surface area contributed by atoms with Gasteiger partial charge in [0.1, 0.15) is 11.6 Å². The predicted molar refractivity (Wildman–Crippen MR) is 124 cm³/mol. The largest absolute Gasteiger partial charge is 0.327 e. The molecular weight excluding hydrogens is 442 g/mol. The second-order valence-corrected chi connectivity index (χ2v) is 8.07. The second-order valence-electron chi connectivity index (χ2n) is 8.07. The van der Waals surface area contributed by atoms with Crippen molar-refractivity contribution in [2.75, 3.05) is 12.4 Å². The van der Waals surface area contributed by atoms with Crippen molar-refractivity contribution < 1.29 is 18.4 Å². The molecule has 0 fully saturated rings. The van der Waals surface area contributed by atoms with Crippen LogP contribution in [0.25, 0.3) is 11.1 Å². The van der Waals surface area contributed by atoms with Crippen LogP contribution < -0.4 is 16.2 Å². The summed E-state index contributed by atoms with van der Waals surface area (Å²) in [6.07, 6.45) is 2.96. The van der Waals surface area contributed by atoms with E-state index in [0.717, 1.165) is 0 Å². The van der Waals surface area contributed by atoms with E-state index in [1.54, 1.807) is 26.2 Å². The molecule has 1 aliphatic heterocycles. The minimum Gasteiger partial charge on any atom is -0.327 e. The summed E-state index contributed by atoms with van der Waals surface area (Å²) in [6, 6.07) is 10.0. The number of pyridine rings is 1. The normalized spacial score (nSPS) is 15.6. The Morgan fingerprint density at radius 1 is 1.03 bits per heavy atom. The first-order valence-electron chi connectivity index (χ1n) is 10.4. The van der Waals surface area contributed by atoms with Crippen molar-refractivity contribution in [3.63, 3.8) is 0 Å². The van der Waals surface area contributed by atoms with Gasteiger partial charge in [0.15, 0.2) is 0 Å². The number of nitrogens with one attached hydrogen (secondary N) is 2. The highest BCUT2D eigenvalue weighted by molar-refractivity contribution is 6.06. The lowest BCUT2D eigenvalue weighted by Gasteiger charge is -2.30. The predicted octanol–water partition coefficient (Wildman–Crippen LogP) is 3.86. The summed E-state index contributed by atoms with van der Waals surface area (Å²) in [5, 5.41) is 5.49. The fourth-order valence-corrected chi connectivity index (χ4v) is 3.76. The van der Waals surface area contributed by atoms with Crippen LogP contribution in [0.2, 0.25) is 0 Å². The van der Waals surface area contributed by atoms with Gasteiger partial charge in [-0.1, -0.05) is 12.1 Å². The molecule has 3 amide bonds. The van der Waals surface area contributed by atoms with Crippen molar-refractivity contribution in [2.45, 2.75) is 13.0 Å². The summed E-state index contributed by atoms with van der Waals surface area (Å²) >= 11 is 0. The molecule has 0 saturated heterocycles. The van der Waals surface area contributed by atoms with Crippen LogP contribution in [-0.2, 0) is 11.8 Å². The molecule has 174 valence electrons. The Morgan fingerprint density at radius 3 is 2.44 bits per heavy atom. The van der Waals surface area contributed by atoms with Gasteiger partial charge in [-0.3, -0.25) is 9.59 Å². The molecule has 2 N–H and O–H groups in total. The number of aryl methyl sites for hydroxylation is 2. The topological polar surface area (TPSA) is 83.4 Å². The number of carbonyl (C=O) groups excluding carboxylic acids is 2. The molecule has 0 radical (unpaired) electrons. The molecule has 1 aromatic heterocycles. The maximum Gasteiger partial charge on any atom is 0.321 e. The molecule has 34 heavy (non-hydrogen) atoms. The Labute approximate surface area is 194 Å². The summed E-state index contributed by atoms with van der Waals surface area (Å²) in [5.41, 5.74) is 1.33. The molecule has 7 nitrogen and oxygen atoms in total. The average molecular weight is 464 g/mol. The third-order valence-electron chi connectivity index (χ3n) is 5.67. The van der Waals surface area contributed by atoms with E-state index in [1.165, 1.54) is 65.2 Å². The smallest absolute Gasteiger partial charge is 0.321 e. The second kappa shape index (κ2) is 8.93. The van der Waals surface area contributed by atoms with Crippen LogP contribution in [0.15, 0.2) is 71.3 Å². The molecule has 4 rings (SSSR count). The molecular formula is C25H22F2N4O3. The van der Waals surface area contributed by atoms with Crippen LogP contribution in [0, 0.1) is 18.6 Å². The van der Waals surface area contributed by atoms with Crippen LogP contribution in [0.1, 0.15) is 17.2 Å². The molecule has 2 aromatic carbocycles. The van der Waals surface area contributed by atoms with Crippen molar-refractivity contribution >= 4 is 17.6 Å². The summed E-state index contributed by atoms with van der Waals surface area (Å²) < 4.78 is 29.5. The summed E-state index contributed by atoms with van der Waals surface area (Å²) in [6.45, 7) is 1.63. The Balaban J connectivity index is 1.71. The van der Waals surface area contributed by atoms with Gasteiger partial charge in [-0.05, 0) is 54.4 Å². The van der Waals surface area contributed by atoms with Gasteiger partial charge in [-0.15, -0.1) is 0 Å². The molecule has 9 heteroatoms. The number of nitrogens with zero attached hydrogens (tertiary/aromatic N) is 2. The van der Waals surface area contributed by atoms with Crippen LogP contribution in [0.3, 0.4) is 0 Å². The quantitative estimate of drug-likeness (QED) is 0.615. The van der Waals surface area contributed by atoms with Crippen molar-refractivity contribution in [2.24, 2.45) is 7.05 Å². The van der Waals surface area contributed by atoms with Crippen LogP contribution in [0.4, 0.5) is 19.3 Å². The minimum absolute atomic E-state index is 0.0558.